The lowest BCUT2D eigenvalue weighted by atomic mass is 10.1. The van der Waals surface area contributed by atoms with Crippen LogP contribution in [-0.2, 0) is 14.4 Å². The van der Waals surface area contributed by atoms with Crippen molar-refractivity contribution in [3.63, 3.8) is 0 Å². The molecule has 0 bridgehead atoms. The molecule has 0 aromatic heterocycles. The summed E-state index contributed by atoms with van der Waals surface area (Å²) >= 11 is 0. The summed E-state index contributed by atoms with van der Waals surface area (Å²) in [6.07, 6.45) is 15.7. The molecule has 142 valence electrons. The summed E-state index contributed by atoms with van der Waals surface area (Å²) in [5, 5.41) is 16.1. The molecule has 0 aromatic carbocycles. The molecule has 0 heterocycles. The summed E-state index contributed by atoms with van der Waals surface area (Å²) in [6.45, 7) is 3.23. The van der Waals surface area contributed by atoms with Crippen LogP contribution in [0.1, 0.15) is 84.5 Å². The Balaban J connectivity index is 0. The van der Waals surface area contributed by atoms with Crippen molar-refractivity contribution in [1.29, 1.82) is 0 Å². The van der Waals surface area contributed by atoms with Crippen LogP contribution in [0.2, 0.25) is 0 Å². The first-order valence-electron chi connectivity index (χ1n) is 9.00. The number of aliphatic carboxylic acids is 2. The molecular formula is C20H32O5. The molecule has 0 unspecified atom stereocenters. The number of ketones is 1. The van der Waals surface area contributed by atoms with Gasteiger partial charge >= 0.3 is 11.9 Å². The highest BCUT2D eigenvalue weighted by Gasteiger charge is 1.99. The molecule has 0 saturated carbocycles. The smallest absolute Gasteiger partial charge is 0.371 e. The van der Waals surface area contributed by atoms with Crippen LogP contribution in [0, 0.1) is 11.8 Å². The maximum Gasteiger partial charge on any atom is 0.371 e. The van der Waals surface area contributed by atoms with Gasteiger partial charge in [-0.05, 0) is 31.8 Å². The van der Waals surface area contributed by atoms with Gasteiger partial charge in [0.25, 0.3) is 0 Å². The highest BCUT2D eigenvalue weighted by atomic mass is 16.4. The number of carbonyl (C=O) groups is 3. The van der Waals surface area contributed by atoms with Crippen molar-refractivity contribution in [2.45, 2.75) is 84.5 Å². The van der Waals surface area contributed by atoms with Gasteiger partial charge in [-0.3, -0.25) is 9.59 Å². The second-order valence-corrected chi connectivity index (χ2v) is 5.74. The van der Waals surface area contributed by atoms with E-state index in [1.54, 1.807) is 0 Å². The van der Waals surface area contributed by atoms with Gasteiger partial charge in [-0.15, -0.1) is 0 Å². The molecule has 0 radical (unpaired) electrons. The number of unbranched alkanes of at least 4 members (excludes halogenated alkanes) is 8. The van der Waals surface area contributed by atoms with Gasteiger partial charge < -0.3 is 10.2 Å². The zero-order valence-corrected chi connectivity index (χ0v) is 15.6. The van der Waals surface area contributed by atoms with E-state index in [-0.39, 0.29) is 0 Å². The summed E-state index contributed by atoms with van der Waals surface area (Å²) in [7, 11) is 0. The molecule has 0 spiro atoms. The molecule has 0 amide bonds. The lowest BCUT2D eigenvalue weighted by Crippen LogP contribution is -2.05. The number of carbonyl (C=O) groups excluding carboxylic acids is 1. The van der Waals surface area contributed by atoms with Crippen LogP contribution in [0.4, 0.5) is 0 Å². The zero-order valence-electron chi connectivity index (χ0n) is 15.6. The molecule has 0 saturated heterocycles. The van der Waals surface area contributed by atoms with Crippen molar-refractivity contribution in [2.24, 2.45) is 0 Å². The van der Waals surface area contributed by atoms with Crippen molar-refractivity contribution in [3.05, 3.63) is 12.2 Å². The molecule has 0 rings (SSSR count). The lowest BCUT2D eigenvalue weighted by molar-refractivity contribution is -0.148. The molecule has 2 N–H and O–H groups in total. The predicted molar refractivity (Wildman–Crippen MR) is 99.3 cm³/mol. The monoisotopic (exact) mass is 352 g/mol. The molecule has 0 aliphatic carbocycles. The number of hydrogen-bond donors (Lipinski definition) is 2. The topological polar surface area (TPSA) is 91.7 Å². The summed E-state index contributed by atoms with van der Waals surface area (Å²) < 4.78 is 0. The minimum absolute atomic E-state index is 0.298. The quantitative estimate of drug-likeness (QED) is 0.304. The number of carboxylic acids is 2. The van der Waals surface area contributed by atoms with Gasteiger partial charge in [0, 0.05) is 19.8 Å². The van der Waals surface area contributed by atoms with Crippen molar-refractivity contribution in [3.8, 4) is 11.8 Å². The van der Waals surface area contributed by atoms with Crippen LogP contribution in [0.15, 0.2) is 12.2 Å². The average molecular weight is 352 g/mol. The van der Waals surface area contributed by atoms with E-state index in [0.717, 1.165) is 45.4 Å². The molecule has 0 aliphatic rings. The molecule has 0 fully saturated rings. The molecule has 5 nitrogen and oxygen atoms in total. The molecular weight excluding hydrogens is 320 g/mol. The highest BCUT2D eigenvalue weighted by Crippen LogP contribution is 2.05. The molecule has 0 aromatic rings. The van der Waals surface area contributed by atoms with Crippen molar-refractivity contribution >= 4 is 17.7 Å². The maximum absolute atomic E-state index is 10.3. The molecule has 25 heavy (non-hydrogen) atoms. The van der Waals surface area contributed by atoms with Gasteiger partial charge in [0.1, 0.15) is 0 Å². The number of carboxylic acid groups (broad SMARTS) is 2. The first-order chi connectivity index (χ1) is 11.9. The average Bonchev–Trinajstić information content (AvgIpc) is 2.55. The van der Waals surface area contributed by atoms with E-state index in [0.29, 0.717) is 6.42 Å². The Kier molecular flexibility index (Phi) is 20.1. The van der Waals surface area contributed by atoms with E-state index in [1.165, 1.54) is 25.7 Å². The van der Waals surface area contributed by atoms with Gasteiger partial charge in [0.05, 0.1) is 0 Å². The maximum atomic E-state index is 10.3. The third-order valence-corrected chi connectivity index (χ3v) is 3.27. The van der Waals surface area contributed by atoms with Crippen LogP contribution >= 0.6 is 0 Å². The first-order valence-corrected chi connectivity index (χ1v) is 9.00. The Bertz CT molecular complexity index is 442. The van der Waals surface area contributed by atoms with E-state index in [9.17, 15) is 14.4 Å². The third-order valence-electron chi connectivity index (χ3n) is 3.27. The minimum Gasteiger partial charge on any atom is -0.481 e. The van der Waals surface area contributed by atoms with Gasteiger partial charge in [-0.25, -0.2) is 4.79 Å². The van der Waals surface area contributed by atoms with Crippen molar-refractivity contribution < 1.29 is 24.6 Å². The second-order valence-electron chi connectivity index (χ2n) is 5.74. The Labute approximate surface area is 151 Å². The highest BCUT2D eigenvalue weighted by molar-refractivity contribution is 6.31. The van der Waals surface area contributed by atoms with Gasteiger partial charge in [-0.2, -0.15) is 0 Å². The number of allylic oxidation sites excluding steroid dienone is 2. The van der Waals surface area contributed by atoms with E-state index < -0.39 is 17.7 Å². The number of rotatable bonds is 12. The molecule has 5 heteroatoms. The van der Waals surface area contributed by atoms with E-state index in [4.69, 9.17) is 10.2 Å². The van der Waals surface area contributed by atoms with Crippen LogP contribution in [0.5, 0.6) is 0 Å². The fraction of sp³-hybridized carbons (Fsp3) is 0.650. The van der Waals surface area contributed by atoms with Gasteiger partial charge in [-0.1, -0.05) is 56.9 Å². The van der Waals surface area contributed by atoms with Crippen molar-refractivity contribution in [2.75, 3.05) is 0 Å². The second kappa shape index (κ2) is 20.0. The summed E-state index contributed by atoms with van der Waals surface area (Å²) in [4.78, 5) is 29.2. The Morgan fingerprint density at radius 3 is 2.08 bits per heavy atom. The van der Waals surface area contributed by atoms with E-state index >= 15 is 0 Å². The molecule has 0 atom stereocenters. The first kappa shape index (κ1) is 25.2. The van der Waals surface area contributed by atoms with Crippen LogP contribution in [0.3, 0.4) is 0 Å². The number of hydrogen-bond acceptors (Lipinski definition) is 3. The summed E-state index contributed by atoms with van der Waals surface area (Å²) in [5.74, 6) is 3.30. The summed E-state index contributed by atoms with van der Waals surface area (Å²) in [5.41, 5.74) is 0. The number of Topliss-reactive ketones (excluding diaryl/α,β-unsaturated/α-hetero) is 1. The van der Waals surface area contributed by atoms with Crippen LogP contribution < -0.4 is 0 Å². The Hall–Kier alpha value is -2.09. The summed E-state index contributed by atoms with van der Waals surface area (Å²) in [6, 6.07) is 0. The minimum atomic E-state index is -1.38. The normalized spacial score (nSPS) is 9.68. The largest absolute Gasteiger partial charge is 0.481 e. The van der Waals surface area contributed by atoms with E-state index in [2.05, 4.69) is 24.8 Å². The SMILES string of the molecule is CC(=O)C(=O)O.CCCCCCC=CC#CCCCCCCC(=O)O. The predicted octanol–water partition coefficient (Wildman–Crippen LogP) is 4.60. The standard InChI is InChI=1S/C17H28O2.C3H4O3/c1-2-3-4-5-6-7-8-9-10-11-12-13-14-15-16-17(18)19;1-2(4)3(5)6/h7-8H,2-6,11-16H2,1H3,(H,18,19);1H3,(H,5,6). The zero-order chi connectivity index (χ0) is 19.3. The molecule has 0 aliphatic heterocycles. The van der Waals surface area contributed by atoms with Crippen LogP contribution in [-0.4, -0.2) is 27.9 Å². The van der Waals surface area contributed by atoms with Gasteiger partial charge in [0.15, 0.2) is 0 Å². The van der Waals surface area contributed by atoms with E-state index in [1.807, 2.05) is 6.08 Å². The van der Waals surface area contributed by atoms with Gasteiger partial charge in [0.2, 0.25) is 5.78 Å². The Morgan fingerprint density at radius 2 is 1.52 bits per heavy atom. The fourth-order valence-electron chi connectivity index (χ4n) is 1.81. The van der Waals surface area contributed by atoms with Crippen molar-refractivity contribution in [1.82, 2.24) is 0 Å². The fourth-order valence-corrected chi connectivity index (χ4v) is 1.81. The third kappa shape index (κ3) is 27.1. The van der Waals surface area contributed by atoms with Crippen LogP contribution in [0.25, 0.3) is 0 Å². The lowest BCUT2D eigenvalue weighted by Gasteiger charge is -1.95. The Morgan fingerprint density at radius 1 is 0.920 bits per heavy atom.